The Morgan fingerprint density at radius 1 is 1.20 bits per heavy atom. The molecule has 2 rings (SSSR count). The number of hydrogen-bond acceptors (Lipinski definition) is 3. The number of rotatable bonds is 2. The van der Waals surface area contributed by atoms with E-state index in [0.29, 0.717) is 17.0 Å². The van der Waals surface area contributed by atoms with Crippen LogP contribution in [-0.2, 0) is 0 Å². The van der Waals surface area contributed by atoms with Gasteiger partial charge in [0.05, 0.1) is 5.56 Å². The minimum absolute atomic E-state index is 0.527. The molecule has 0 fully saturated rings. The molecule has 2 aromatic rings. The van der Waals surface area contributed by atoms with E-state index < -0.39 is 0 Å². The van der Waals surface area contributed by atoms with E-state index in [1.165, 1.54) is 5.56 Å². The number of hydrogen-bond donors (Lipinski definition) is 0. The van der Waals surface area contributed by atoms with E-state index in [-0.39, 0.29) is 0 Å². The fraction of sp³-hybridized carbons (Fsp3) is 0.167. The van der Waals surface area contributed by atoms with Gasteiger partial charge in [0.1, 0.15) is 11.5 Å². The summed E-state index contributed by atoms with van der Waals surface area (Å²) in [6.45, 7) is 3.74. The van der Waals surface area contributed by atoms with Crippen molar-refractivity contribution in [2.45, 2.75) is 13.8 Å². The molecule has 0 aliphatic heterocycles. The molecule has 3 nitrogen and oxygen atoms in total. The number of aldehydes is 1. The third-order valence-electron chi connectivity index (χ3n) is 2.35. The first-order valence-electron chi connectivity index (χ1n) is 4.71. The summed E-state index contributed by atoms with van der Waals surface area (Å²) < 4.78 is 4.99. The molecule has 0 aliphatic rings. The molecular formula is C12H11NO2. The summed E-state index contributed by atoms with van der Waals surface area (Å²) in [6.07, 6.45) is 0.779. The molecule has 0 N–H and O–H groups in total. The molecule has 0 radical (unpaired) electrons. The first-order valence-corrected chi connectivity index (χ1v) is 4.71. The number of benzene rings is 1. The van der Waals surface area contributed by atoms with E-state index in [9.17, 15) is 4.79 Å². The second-order valence-corrected chi connectivity index (χ2v) is 3.48. The average molecular weight is 201 g/mol. The number of carbonyl (C=O) groups excluding carboxylic acids is 1. The van der Waals surface area contributed by atoms with Crippen LogP contribution >= 0.6 is 0 Å². The highest BCUT2D eigenvalue weighted by atomic mass is 16.5. The molecule has 1 aromatic heterocycles. The smallest absolute Gasteiger partial charge is 0.155 e. The van der Waals surface area contributed by atoms with Gasteiger partial charge in [0.2, 0.25) is 0 Å². The topological polar surface area (TPSA) is 43.1 Å². The van der Waals surface area contributed by atoms with Crippen LogP contribution in [0.2, 0.25) is 0 Å². The molecule has 0 unspecified atom stereocenters. The number of aromatic nitrogens is 1. The predicted octanol–water partition coefficient (Wildman–Crippen LogP) is 2.77. The molecule has 76 valence electrons. The van der Waals surface area contributed by atoms with Crippen LogP contribution in [0.4, 0.5) is 0 Å². The Morgan fingerprint density at radius 3 is 2.47 bits per heavy atom. The Balaban J connectivity index is 2.53. The standard InChI is InChI=1S/C12H11NO2/c1-8-3-5-10(6-4-8)12-11(7-14)9(2)15-13-12/h3-7H,1-2H3. The Kier molecular flexibility index (Phi) is 2.37. The van der Waals surface area contributed by atoms with Crippen molar-refractivity contribution < 1.29 is 9.32 Å². The van der Waals surface area contributed by atoms with Crippen molar-refractivity contribution in [1.29, 1.82) is 0 Å². The molecule has 15 heavy (non-hydrogen) atoms. The maximum Gasteiger partial charge on any atom is 0.155 e. The third-order valence-corrected chi connectivity index (χ3v) is 2.35. The lowest BCUT2D eigenvalue weighted by molar-refractivity contribution is 0.112. The Bertz CT molecular complexity index is 483. The largest absolute Gasteiger partial charge is 0.360 e. The molecule has 3 heteroatoms. The van der Waals surface area contributed by atoms with Gasteiger partial charge in [-0.3, -0.25) is 4.79 Å². The summed E-state index contributed by atoms with van der Waals surface area (Å²) in [6, 6.07) is 7.82. The monoisotopic (exact) mass is 201 g/mol. The highest BCUT2D eigenvalue weighted by Crippen LogP contribution is 2.23. The summed E-state index contributed by atoms with van der Waals surface area (Å²) in [5.74, 6) is 0.556. The Hall–Kier alpha value is -1.90. The Morgan fingerprint density at radius 2 is 1.87 bits per heavy atom. The van der Waals surface area contributed by atoms with Crippen LogP contribution in [0.15, 0.2) is 28.8 Å². The zero-order valence-corrected chi connectivity index (χ0v) is 8.65. The van der Waals surface area contributed by atoms with Gasteiger partial charge in [-0.2, -0.15) is 0 Å². The number of nitrogens with zero attached hydrogens (tertiary/aromatic N) is 1. The van der Waals surface area contributed by atoms with Crippen molar-refractivity contribution in [3.63, 3.8) is 0 Å². The minimum Gasteiger partial charge on any atom is -0.360 e. The van der Waals surface area contributed by atoms with Gasteiger partial charge in [0, 0.05) is 5.56 Å². The Labute approximate surface area is 87.7 Å². The fourth-order valence-corrected chi connectivity index (χ4v) is 1.44. The summed E-state index contributed by atoms with van der Waals surface area (Å²) in [7, 11) is 0. The second-order valence-electron chi connectivity index (χ2n) is 3.48. The molecular weight excluding hydrogens is 190 g/mol. The summed E-state index contributed by atoms with van der Waals surface area (Å²) >= 11 is 0. The predicted molar refractivity (Wildman–Crippen MR) is 56.8 cm³/mol. The zero-order chi connectivity index (χ0) is 10.8. The summed E-state index contributed by atoms with van der Waals surface area (Å²) in [5, 5.41) is 3.88. The van der Waals surface area contributed by atoms with Crippen LogP contribution < -0.4 is 0 Å². The molecule has 1 heterocycles. The van der Waals surface area contributed by atoms with E-state index in [2.05, 4.69) is 5.16 Å². The lowest BCUT2D eigenvalue weighted by Crippen LogP contribution is -1.86. The average Bonchev–Trinajstić information content (AvgIpc) is 2.61. The van der Waals surface area contributed by atoms with Gasteiger partial charge in [-0.1, -0.05) is 35.0 Å². The van der Waals surface area contributed by atoms with Gasteiger partial charge in [0.25, 0.3) is 0 Å². The minimum atomic E-state index is 0.527. The van der Waals surface area contributed by atoms with E-state index in [0.717, 1.165) is 11.8 Å². The molecule has 0 amide bonds. The van der Waals surface area contributed by atoms with Crippen molar-refractivity contribution in [1.82, 2.24) is 5.16 Å². The normalized spacial score (nSPS) is 10.3. The molecule has 0 saturated heterocycles. The highest BCUT2D eigenvalue weighted by Gasteiger charge is 2.13. The molecule has 0 aliphatic carbocycles. The molecule has 0 spiro atoms. The number of aryl methyl sites for hydroxylation is 2. The molecule has 1 aromatic carbocycles. The van der Waals surface area contributed by atoms with E-state index >= 15 is 0 Å². The van der Waals surface area contributed by atoms with Crippen LogP contribution in [0.5, 0.6) is 0 Å². The van der Waals surface area contributed by atoms with Crippen molar-refractivity contribution in [2.75, 3.05) is 0 Å². The maximum atomic E-state index is 10.8. The maximum absolute atomic E-state index is 10.8. The van der Waals surface area contributed by atoms with Crippen LogP contribution in [0, 0.1) is 13.8 Å². The molecule has 0 saturated carbocycles. The van der Waals surface area contributed by atoms with Gasteiger partial charge in [-0.25, -0.2) is 0 Å². The summed E-state index contributed by atoms with van der Waals surface area (Å²) in [4.78, 5) is 10.8. The van der Waals surface area contributed by atoms with Crippen LogP contribution in [-0.4, -0.2) is 11.4 Å². The van der Waals surface area contributed by atoms with Gasteiger partial charge in [-0.05, 0) is 13.8 Å². The zero-order valence-electron chi connectivity index (χ0n) is 8.65. The van der Waals surface area contributed by atoms with E-state index in [1.807, 2.05) is 31.2 Å². The van der Waals surface area contributed by atoms with Gasteiger partial charge in [0.15, 0.2) is 6.29 Å². The lowest BCUT2D eigenvalue weighted by atomic mass is 10.1. The van der Waals surface area contributed by atoms with Gasteiger partial charge >= 0.3 is 0 Å². The first kappa shape index (κ1) is 9.65. The van der Waals surface area contributed by atoms with Crippen LogP contribution in [0.3, 0.4) is 0 Å². The SMILES string of the molecule is Cc1ccc(-c2noc(C)c2C=O)cc1. The quantitative estimate of drug-likeness (QED) is 0.701. The van der Waals surface area contributed by atoms with Crippen LogP contribution in [0.25, 0.3) is 11.3 Å². The van der Waals surface area contributed by atoms with Crippen molar-refractivity contribution in [2.24, 2.45) is 0 Å². The van der Waals surface area contributed by atoms with E-state index in [1.54, 1.807) is 6.92 Å². The molecule has 0 atom stereocenters. The number of carbonyl (C=O) groups is 1. The second kappa shape index (κ2) is 3.69. The van der Waals surface area contributed by atoms with Gasteiger partial charge in [-0.15, -0.1) is 0 Å². The van der Waals surface area contributed by atoms with Crippen molar-refractivity contribution >= 4 is 6.29 Å². The lowest BCUT2D eigenvalue weighted by Gasteiger charge is -1.97. The molecule has 0 bridgehead atoms. The van der Waals surface area contributed by atoms with Gasteiger partial charge < -0.3 is 4.52 Å². The van der Waals surface area contributed by atoms with Crippen molar-refractivity contribution in [3.05, 3.63) is 41.2 Å². The first-order chi connectivity index (χ1) is 7.22. The van der Waals surface area contributed by atoms with Crippen molar-refractivity contribution in [3.8, 4) is 11.3 Å². The third kappa shape index (κ3) is 1.68. The fourth-order valence-electron chi connectivity index (χ4n) is 1.44. The summed E-state index contributed by atoms with van der Waals surface area (Å²) in [5.41, 5.74) is 3.22. The van der Waals surface area contributed by atoms with Crippen LogP contribution in [0.1, 0.15) is 21.7 Å². The highest BCUT2D eigenvalue weighted by molar-refractivity contribution is 5.86. The van der Waals surface area contributed by atoms with E-state index in [4.69, 9.17) is 4.52 Å².